The summed E-state index contributed by atoms with van der Waals surface area (Å²) in [4.78, 5) is 20.5. The molecule has 4 aromatic rings. The molecule has 1 saturated carbocycles. The lowest BCUT2D eigenvalue weighted by Gasteiger charge is -2.10. The average molecular weight is 329 g/mol. The number of H-pyrrole nitrogens is 1. The van der Waals surface area contributed by atoms with Crippen molar-refractivity contribution < 1.29 is 0 Å². The number of aromatic nitrogens is 4. The Bertz CT molecular complexity index is 1250. The number of nitriles is 1. The Labute approximate surface area is 142 Å². The van der Waals surface area contributed by atoms with Gasteiger partial charge >= 0.3 is 0 Å². The molecule has 0 bridgehead atoms. The molecule has 3 heterocycles. The first-order valence-corrected chi connectivity index (χ1v) is 8.47. The Hall–Kier alpha value is -3.20. The van der Waals surface area contributed by atoms with Crippen LogP contribution in [-0.2, 0) is 0 Å². The largest absolute Gasteiger partial charge is 0.346 e. The Morgan fingerprint density at radius 3 is 2.88 bits per heavy atom. The predicted octanol–water partition coefficient (Wildman–Crippen LogP) is 3.56. The lowest BCUT2D eigenvalue weighted by atomic mass is 10.1. The fourth-order valence-corrected chi connectivity index (χ4v) is 4.06. The van der Waals surface area contributed by atoms with Gasteiger partial charge in [-0.2, -0.15) is 10.4 Å². The van der Waals surface area contributed by atoms with E-state index in [0.717, 1.165) is 47.5 Å². The average Bonchev–Trinajstić information content (AvgIpc) is 3.37. The first-order chi connectivity index (χ1) is 12.3. The summed E-state index contributed by atoms with van der Waals surface area (Å²) >= 11 is 0. The van der Waals surface area contributed by atoms with E-state index in [-0.39, 0.29) is 11.8 Å². The highest BCUT2D eigenvalue weighted by atomic mass is 16.1. The van der Waals surface area contributed by atoms with Crippen molar-refractivity contribution in [3.63, 3.8) is 0 Å². The normalized spacial score (nSPS) is 14.8. The van der Waals surface area contributed by atoms with Crippen LogP contribution in [0.5, 0.6) is 0 Å². The lowest BCUT2D eigenvalue weighted by molar-refractivity contribution is 0.882. The number of pyridine rings is 1. The molecular weight excluding hydrogens is 314 g/mol. The van der Waals surface area contributed by atoms with Crippen LogP contribution in [-0.4, -0.2) is 19.7 Å². The lowest BCUT2D eigenvalue weighted by Crippen LogP contribution is -2.10. The van der Waals surface area contributed by atoms with E-state index in [2.05, 4.69) is 21.1 Å². The number of nitrogens with one attached hydrogen (secondary N) is 1. The van der Waals surface area contributed by atoms with Gasteiger partial charge in [-0.3, -0.25) is 4.79 Å². The summed E-state index contributed by atoms with van der Waals surface area (Å²) in [6, 6.07) is 4.20. The van der Waals surface area contributed by atoms with Gasteiger partial charge in [0.25, 0.3) is 0 Å². The molecule has 1 fully saturated rings. The van der Waals surface area contributed by atoms with Crippen molar-refractivity contribution in [3.05, 3.63) is 40.5 Å². The zero-order valence-corrected chi connectivity index (χ0v) is 13.5. The third-order valence-electron chi connectivity index (χ3n) is 5.20. The summed E-state index contributed by atoms with van der Waals surface area (Å²) < 4.78 is 1.71. The zero-order chi connectivity index (χ0) is 17.0. The number of allylic oxidation sites excluding steroid dienone is 2. The molecule has 0 saturated heterocycles. The third kappa shape index (κ3) is 1.86. The summed E-state index contributed by atoms with van der Waals surface area (Å²) in [6.45, 7) is 0. The molecule has 25 heavy (non-hydrogen) atoms. The SMILES string of the molecule is N#CCC(=C1CCCC1)n1ncc2c3cc[nH]c4ncc(c(=O)c21)c43. The van der Waals surface area contributed by atoms with Gasteiger partial charge in [-0.25, -0.2) is 9.67 Å². The van der Waals surface area contributed by atoms with E-state index in [4.69, 9.17) is 0 Å². The Morgan fingerprint density at radius 2 is 2.08 bits per heavy atom. The molecule has 0 amide bonds. The van der Waals surface area contributed by atoms with Gasteiger partial charge in [-0.15, -0.1) is 0 Å². The predicted molar refractivity (Wildman–Crippen MR) is 96.3 cm³/mol. The molecule has 1 aliphatic rings. The van der Waals surface area contributed by atoms with Crippen LogP contribution in [0, 0.1) is 11.3 Å². The summed E-state index contributed by atoms with van der Waals surface area (Å²) in [5.41, 5.74) is 3.31. The molecule has 0 unspecified atom stereocenters. The molecule has 3 aromatic heterocycles. The molecular formula is C19H15N5O. The van der Waals surface area contributed by atoms with Crippen LogP contribution in [0.2, 0.25) is 0 Å². The van der Waals surface area contributed by atoms with E-state index in [1.54, 1.807) is 17.1 Å². The van der Waals surface area contributed by atoms with Crippen LogP contribution >= 0.6 is 0 Å². The van der Waals surface area contributed by atoms with Gasteiger partial charge in [0, 0.05) is 23.2 Å². The molecule has 1 N–H and O–H groups in total. The van der Waals surface area contributed by atoms with Crippen molar-refractivity contribution in [2.45, 2.75) is 32.1 Å². The van der Waals surface area contributed by atoms with E-state index in [1.807, 2.05) is 12.3 Å². The maximum absolute atomic E-state index is 13.1. The number of nitrogens with zero attached hydrogens (tertiary/aromatic N) is 4. The van der Waals surface area contributed by atoms with E-state index < -0.39 is 0 Å². The van der Waals surface area contributed by atoms with Crippen molar-refractivity contribution in [1.29, 1.82) is 5.26 Å². The van der Waals surface area contributed by atoms with Crippen LogP contribution in [0.1, 0.15) is 32.1 Å². The minimum atomic E-state index is -0.0730. The molecule has 6 nitrogen and oxygen atoms in total. The molecule has 122 valence electrons. The summed E-state index contributed by atoms with van der Waals surface area (Å²) in [5, 5.41) is 17.0. The van der Waals surface area contributed by atoms with Crippen molar-refractivity contribution in [2.24, 2.45) is 0 Å². The van der Waals surface area contributed by atoms with E-state index in [1.165, 1.54) is 5.57 Å². The van der Waals surface area contributed by atoms with Crippen molar-refractivity contribution in [2.75, 3.05) is 0 Å². The molecule has 0 spiro atoms. The molecule has 5 rings (SSSR count). The van der Waals surface area contributed by atoms with Gasteiger partial charge in [0.1, 0.15) is 11.2 Å². The second-order valence-corrected chi connectivity index (χ2v) is 6.53. The topological polar surface area (TPSA) is 87.4 Å². The highest BCUT2D eigenvalue weighted by molar-refractivity contribution is 6.19. The van der Waals surface area contributed by atoms with Crippen LogP contribution in [0.25, 0.3) is 38.4 Å². The maximum Gasteiger partial charge on any atom is 0.214 e. The number of fused-ring (bicyclic) bond motifs is 2. The van der Waals surface area contributed by atoms with Gasteiger partial charge in [0.15, 0.2) is 0 Å². The number of hydrogen-bond donors (Lipinski definition) is 1. The molecule has 1 aliphatic carbocycles. The Morgan fingerprint density at radius 1 is 1.24 bits per heavy atom. The number of rotatable bonds is 2. The monoisotopic (exact) mass is 329 g/mol. The first-order valence-electron chi connectivity index (χ1n) is 8.47. The van der Waals surface area contributed by atoms with Crippen LogP contribution < -0.4 is 5.43 Å². The Kier molecular flexibility index (Phi) is 2.92. The molecule has 0 atom stereocenters. The smallest absolute Gasteiger partial charge is 0.214 e. The van der Waals surface area contributed by atoms with Crippen molar-refractivity contribution in [3.8, 4) is 6.07 Å². The minimum absolute atomic E-state index is 0.0730. The van der Waals surface area contributed by atoms with Gasteiger partial charge < -0.3 is 4.98 Å². The van der Waals surface area contributed by atoms with Crippen molar-refractivity contribution >= 4 is 38.4 Å². The number of aromatic amines is 1. The van der Waals surface area contributed by atoms with E-state index in [9.17, 15) is 10.1 Å². The standard InChI is InChI=1S/C19H15N5O/c20-7-5-15(11-3-1-2-4-11)24-17-13(10-23-24)12-6-8-21-19-16(12)14(9-22-19)18(17)25/h6,8-10H,1-5H2,(H,21,22). The third-order valence-corrected chi connectivity index (χ3v) is 5.20. The van der Waals surface area contributed by atoms with E-state index >= 15 is 0 Å². The van der Waals surface area contributed by atoms with Crippen LogP contribution in [0.15, 0.2) is 35.0 Å². The molecule has 1 aromatic carbocycles. The zero-order valence-electron chi connectivity index (χ0n) is 13.5. The van der Waals surface area contributed by atoms with Crippen molar-refractivity contribution in [1.82, 2.24) is 19.7 Å². The quantitative estimate of drug-likeness (QED) is 0.609. The van der Waals surface area contributed by atoms with Crippen LogP contribution in [0.3, 0.4) is 0 Å². The first kappa shape index (κ1) is 14.2. The minimum Gasteiger partial charge on any atom is -0.346 e. The van der Waals surface area contributed by atoms with Crippen LogP contribution in [0.4, 0.5) is 0 Å². The molecule has 6 heteroatoms. The molecule has 0 aliphatic heterocycles. The van der Waals surface area contributed by atoms with Gasteiger partial charge in [-0.05, 0) is 42.7 Å². The number of benzene rings is 1. The maximum atomic E-state index is 13.1. The molecule has 0 radical (unpaired) electrons. The summed E-state index contributed by atoms with van der Waals surface area (Å²) in [5.74, 6) is 0. The van der Waals surface area contributed by atoms with Gasteiger partial charge in [0.05, 0.1) is 29.8 Å². The summed E-state index contributed by atoms with van der Waals surface area (Å²) in [6.07, 6.45) is 9.69. The fourth-order valence-electron chi connectivity index (χ4n) is 4.06. The second-order valence-electron chi connectivity index (χ2n) is 6.53. The Balaban J connectivity index is 1.93. The summed E-state index contributed by atoms with van der Waals surface area (Å²) in [7, 11) is 0. The van der Waals surface area contributed by atoms with Gasteiger partial charge in [-0.1, -0.05) is 0 Å². The second kappa shape index (κ2) is 5.15. The highest BCUT2D eigenvalue weighted by Gasteiger charge is 2.21. The fraction of sp³-hybridized carbons (Fsp3) is 0.263. The van der Waals surface area contributed by atoms with E-state index in [0.29, 0.717) is 16.6 Å². The highest BCUT2D eigenvalue weighted by Crippen LogP contribution is 2.34. The number of hydrogen-bond acceptors (Lipinski definition) is 4. The van der Waals surface area contributed by atoms with Gasteiger partial charge in [0.2, 0.25) is 5.43 Å².